The van der Waals surface area contributed by atoms with Crippen molar-refractivity contribution < 1.29 is 14.3 Å². The zero-order valence-electron chi connectivity index (χ0n) is 21.9. The van der Waals surface area contributed by atoms with Crippen molar-refractivity contribution >= 4 is 11.8 Å². The van der Waals surface area contributed by atoms with Gasteiger partial charge in [-0.25, -0.2) is 0 Å². The highest BCUT2D eigenvalue weighted by atomic mass is 16.5. The van der Waals surface area contributed by atoms with Gasteiger partial charge in [0, 0.05) is 25.5 Å². The molecule has 0 aliphatic carbocycles. The third-order valence-electron chi connectivity index (χ3n) is 7.74. The maximum atomic E-state index is 13.8. The van der Waals surface area contributed by atoms with Crippen LogP contribution in [0.4, 0.5) is 0 Å². The highest BCUT2D eigenvalue weighted by Gasteiger charge is 2.42. The molecule has 0 radical (unpaired) electrons. The molecule has 0 unspecified atom stereocenters. The van der Waals surface area contributed by atoms with Gasteiger partial charge in [0.15, 0.2) is 0 Å². The molecular formula is C30H41N3O3. The molecular weight excluding hydrogens is 450 g/mol. The molecule has 2 aromatic rings. The van der Waals surface area contributed by atoms with E-state index in [9.17, 15) is 9.59 Å². The smallest absolute Gasteiger partial charge is 0.227 e. The second-order valence-electron chi connectivity index (χ2n) is 11.0. The number of hydrogen-bond acceptors (Lipinski definition) is 4. The quantitative estimate of drug-likeness (QED) is 0.656. The number of hydrogen-bond donors (Lipinski definition) is 1. The predicted molar refractivity (Wildman–Crippen MR) is 142 cm³/mol. The van der Waals surface area contributed by atoms with Crippen molar-refractivity contribution in [2.45, 2.75) is 77.7 Å². The molecule has 194 valence electrons. The van der Waals surface area contributed by atoms with Gasteiger partial charge >= 0.3 is 0 Å². The second kappa shape index (κ2) is 12.4. The van der Waals surface area contributed by atoms with Crippen LogP contribution >= 0.6 is 0 Å². The van der Waals surface area contributed by atoms with Crippen molar-refractivity contribution in [3.63, 3.8) is 0 Å². The fourth-order valence-corrected chi connectivity index (χ4v) is 5.64. The second-order valence-corrected chi connectivity index (χ2v) is 11.0. The van der Waals surface area contributed by atoms with Gasteiger partial charge in [-0.15, -0.1) is 0 Å². The van der Waals surface area contributed by atoms with Crippen LogP contribution in [0.1, 0.15) is 69.9 Å². The van der Waals surface area contributed by atoms with Crippen LogP contribution in [-0.4, -0.2) is 47.4 Å². The van der Waals surface area contributed by atoms with E-state index in [4.69, 9.17) is 4.74 Å². The zero-order valence-corrected chi connectivity index (χ0v) is 21.9. The number of amides is 2. The van der Waals surface area contributed by atoms with Gasteiger partial charge in [0.2, 0.25) is 11.8 Å². The van der Waals surface area contributed by atoms with E-state index in [1.54, 1.807) is 12.4 Å². The molecule has 1 aromatic heterocycles. The number of rotatable bonds is 4. The van der Waals surface area contributed by atoms with Crippen molar-refractivity contribution in [3.05, 3.63) is 59.9 Å². The standard InChI is InChI=1S/C30H41N3O3/c1-23(2)19-26-22-36-27-12-6-5-11-25(27)10-4-3-7-13-30(29(35)32-26)14-17-33(18-15-30)28(34)20-24-9-8-16-31-21-24/h5-6,8-9,11-12,16,21,23,26H,3-4,7,10,13-15,17-20,22H2,1-2H3,(H,32,35)/t26-/m0/s1. The molecule has 2 aliphatic heterocycles. The number of benzene rings is 1. The summed E-state index contributed by atoms with van der Waals surface area (Å²) in [6.07, 6.45) is 11.2. The topological polar surface area (TPSA) is 71.5 Å². The average Bonchev–Trinajstić information content (AvgIpc) is 2.88. The summed E-state index contributed by atoms with van der Waals surface area (Å²) in [6, 6.07) is 12.1. The molecule has 1 spiro atoms. The average molecular weight is 492 g/mol. The van der Waals surface area contributed by atoms with Gasteiger partial charge in [-0.3, -0.25) is 14.6 Å². The van der Waals surface area contributed by atoms with Crippen molar-refractivity contribution in [2.24, 2.45) is 11.3 Å². The number of aryl methyl sites for hydroxylation is 1. The number of carbonyl (C=O) groups excluding carboxylic acids is 2. The van der Waals surface area contributed by atoms with Crippen LogP contribution in [0.2, 0.25) is 0 Å². The molecule has 4 rings (SSSR count). The summed E-state index contributed by atoms with van der Waals surface area (Å²) in [5.74, 6) is 1.65. The van der Waals surface area contributed by atoms with Crippen LogP contribution in [0, 0.1) is 11.3 Å². The minimum Gasteiger partial charge on any atom is -0.491 e. The highest BCUT2D eigenvalue weighted by Crippen LogP contribution is 2.38. The fourth-order valence-electron chi connectivity index (χ4n) is 5.64. The van der Waals surface area contributed by atoms with E-state index in [2.05, 4.69) is 36.3 Å². The normalized spacial score (nSPS) is 20.9. The first-order chi connectivity index (χ1) is 17.4. The number of aromatic nitrogens is 1. The first kappa shape index (κ1) is 26.2. The van der Waals surface area contributed by atoms with Crippen LogP contribution < -0.4 is 10.1 Å². The number of pyridine rings is 1. The summed E-state index contributed by atoms with van der Waals surface area (Å²) < 4.78 is 6.27. The number of ether oxygens (including phenoxy) is 1. The van der Waals surface area contributed by atoms with Crippen molar-refractivity contribution in [3.8, 4) is 5.75 Å². The largest absolute Gasteiger partial charge is 0.491 e. The summed E-state index contributed by atoms with van der Waals surface area (Å²) in [5.41, 5.74) is 1.77. The fraction of sp³-hybridized carbons (Fsp3) is 0.567. The lowest BCUT2D eigenvalue weighted by Gasteiger charge is -2.41. The Morgan fingerprint density at radius 2 is 1.92 bits per heavy atom. The minimum atomic E-state index is -0.415. The Balaban J connectivity index is 1.45. The number of nitrogens with zero attached hydrogens (tertiary/aromatic N) is 2. The predicted octanol–water partition coefficient (Wildman–Crippen LogP) is 4.96. The SMILES string of the molecule is CC(C)C[C@H]1COc2ccccc2CCCCCC2(CCN(C(=O)Cc3cccnc3)CC2)C(=O)N1. The van der Waals surface area contributed by atoms with Gasteiger partial charge in [0.1, 0.15) is 12.4 Å². The maximum absolute atomic E-state index is 13.8. The van der Waals surface area contributed by atoms with Gasteiger partial charge in [-0.05, 0) is 67.7 Å². The molecule has 1 atom stereocenters. The van der Waals surface area contributed by atoms with Crippen molar-refractivity contribution in [1.82, 2.24) is 15.2 Å². The van der Waals surface area contributed by atoms with E-state index < -0.39 is 5.41 Å². The van der Waals surface area contributed by atoms with E-state index in [-0.39, 0.29) is 17.9 Å². The lowest BCUT2D eigenvalue weighted by Crippen LogP contribution is -2.53. The number of piperidine rings is 1. The van der Waals surface area contributed by atoms with Crippen LogP contribution in [0.15, 0.2) is 48.8 Å². The first-order valence-electron chi connectivity index (χ1n) is 13.6. The summed E-state index contributed by atoms with van der Waals surface area (Å²) in [4.78, 5) is 32.8. The molecule has 1 fully saturated rings. The third-order valence-corrected chi connectivity index (χ3v) is 7.74. The molecule has 1 aromatic carbocycles. The van der Waals surface area contributed by atoms with Gasteiger partial charge in [-0.2, -0.15) is 0 Å². The van der Waals surface area contributed by atoms with E-state index in [1.807, 2.05) is 29.2 Å². The van der Waals surface area contributed by atoms with Crippen LogP contribution in [-0.2, 0) is 22.4 Å². The maximum Gasteiger partial charge on any atom is 0.227 e. The lowest BCUT2D eigenvalue weighted by molar-refractivity contribution is -0.141. The number of para-hydroxylation sites is 1. The van der Waals surface area contributed by atoms with E-state index >= 15 is 0 Å². The Kier molecular flexibility index (Phi) is 9.00. The Morgan fingerprint density at radius 1 is 1.11 bits per heavy atom. The van der Waals surface area contributed by atoms with Crippen molar-refractivity contribution in [2.75, 3.05) is 19.7 Å². The number of likely N-dealkylation sites (tertiary alicyclic amines) is 1. The lowest BCUT2D eigenvalue weighted by atomic mass is 9.73. The molecule has 0 saturated carbocycles. The summed E-state index contributed by atoms with van der Waals surface area (Å²) in [5, 5.41) is 3.39. The molecule has 2 aliphatic rings. The van der Waals surface area contributed by atoms with Gasteiger partial charge in [0.25, 0.3) is 0 Å². The van der Waals surface area contributed by atoms with Gasteiger partial charge in [-0.1, -0.05) is 51.0 Å². The summed E-state index contributed by atoms with van der Waals surface area (Å²) >= 11 is 0. The molecule has 6 heteroatoms. The van der Waals surface area contributed by atoms with E-state index in [0.717, 1.165) is 49.8 Å². The number of carbonyl (C=O) groups is 2. The van der Waals surface area contributed by atoms with Crippen LogP contribution in [0.3, 0.4) is 0 Å². The summed E-state index contributed by atoms with van der Waals surface area (Å²) in [6.45, 7) is 6.10. The third kappa shape index (κ3) is 6.86. The van der Waals surface area contributed by atoms with Gasteiger partial charge < -0.3 is 15.0 Å². The van der Waals surface area contributed by atoms with Gasteiger partial charge in [0.05, 0.1) is 17.9 Å². The minimum absolute atomic E-state index is 0.0339. The zero-order chi connectivity index (χ0) is 25.4. The van der Waals surface area contributed by atoms with Crippen LogP contribution in [0.25, 0.3) is 0 Å². The van der Waals surface area contributed by atoms with Crippen molar-refractivity contribution in [1.29, 1.82) is 0 Å². The molecule has 2 amide bonds. The Bertz CT molecular complexity index is 1000. The highest BCUT2D eigenvalue weighted by molar-refractivity contribution is 5.84. The number of fused-ring (bicyclic) bond motifs is 1. The monoisotopic (exact) mass is 491 g/mol. The molecule has 0 bridgehead atoms. The first-order valence-corrected chi connectivity index (χ1v) is 13.6. The summed E-state index contributed by atoms with van der Waals surface area (Å²) in [7, 11) is 0. The molecule has 1 N–H and O–H groups in total. The Hall–Kier alpha value is -2.89. The van der Waals surface area contributed by atoms with E-state index in [0.29, 0.717) is 44.9 Å². The Labute approximate surface area is 215 Å². The van der Waals surface area contributed by atoms with E-state index in [1.165, 1.54) is 5.56 Å². The Morgan fingerprint density at radius 3 is 2.67 bits per heavy atom. The number of nitrogens with one attached hydrogen (secondary N) is 1. The van der Waals surface area contributed by atoms with Crippen LogP contribution in [0.5, 0.6) is 5.75 Å². The molecule has 3 heterocycles. The molecule has 6 nitrogen and oxygen atoms in total. The molecule has 36 heavy (non-hydrogen) atoms. The molecule has 1 saturated heterocycles.